The molecule has 0 unspecified atom stereocenters. The predicted molar refractivity (Wildman–Crippen MR) is 77.2 cm³/mol. The first-order valence-electron chi connectivity index (χ1n) is 6.97. The highest BCUT2D eigenvalue weighted by atomic mass is 32.2. The molecule has 0 saturated carbocycles. The number of hydrogen-bond donors (Lipinski definition) is 2. The average Bonchev–Trinajstić information content (AvgIpc) is 2.88. The first-order valence-corrected chi connectivity index (χ1v) is 7.95. The van der Waals surface area contributed by atoms with Crippen LogP contribution >= 0.6 is 11.8 Å². The molecule has 0 amide bonds. The summed E-state index contributed by atoms with van der Waals surface area (Å²) in [4.78, 5) is 0. The normalized spacial score (nSPS) is 12.0. The van der Waals surface area contributed by atoms with Crippen molar-refractivity contribution in [1.29, 1.82) is 0 Å². The van der Waals surface area contributed by atoms with E-state index in [0.717, 1.165) is 44.1 Å². The molecule has 0 aliphatic carbocycles. The third-order valence-corrected chi connectivity index (χ3v) is 4.44. The van der Waals surface area contributed by atoms with E-state index in [1.54, 1.807) is 4.68 Å². The van der Waals surface area contributed by atoms with E-state index in [-0.39, 0.29) is 0 Å². The van der Waals surface area contributed by atoms with Crippen LogP contribution < -0.4 is 5.32 Å². The minimum Gasteiger partial charge on any atom is -0.389 e. The summed E-state index contributed by atoms with van der Waals surface area (Å²) in [7, 11) is 0. The zero-order chi connectivity index (χ0) is 14.1. The van der Waals surface area contributed by atoms with Crippen molar-refractivity contribution in [2.75, 3.05) is 18.8 Å². The van der Waals surface area contributed by atoms with Crippen LogP contribution in [0.2, 0.25) is 0 Å². The van der Waals surface area contributed by atoms with E-state index in [2.05, 4.69) is 27.8 Å². The Bertz CT molecular complexity index is 354. The monoisotopic (exact) mass is 287 g/mol. The van der Waals surface area contributed by atoms with Crippen LogP contribution in [0.4, 0.5) is 0 Å². The predicted octanol–water partition coefficient (Wildman–Crippen LogP) is 1.32. The summed E-state index contributed by atoms with van der Waals surface area (Å²) in [6.07, 6.45) is 2.61. The Labute approximate surface area is 119 Å². The highest BCUT2D eigenvalue weighted by molar-refractivity contribution is 7.99. The van der Waals surface area contributed by atoms with Gasteiger partial charge >= 0.3 is 0 Å². The number of aliphatic hydroxyl groups is 1. The Kier molecular flexibility index (Phi) is 7.33. The Balaban J connectivity index is 2.44. The molecule has 0 bridgehead atoms. The number of nitrogens with zero attached hydrogens (tertiary/aromatic N) is 4. The molecule has 0 fully saturated rings. The van der Waals surface area contributed by atoms with Crippen LogP contribution in [0.15, 0.2) is 5.16 Å². The Morgan fingerprint density at radius 1 is 1.26 bits per heavy atom. The third kappa shape index (κ3) is 5.46. The largest absolute Gasteiger partial charge is 0.389 e. The maximum absolute atomic E-state index is 10.3. The highest BCUT2D eigenvalue weighted by Gasteiger charge is 2.23. The second-order valence-electron chi connectivity index (χ2n) is 4.65. The van der Waals surface area contributed by atoms with E-state index < -0.39 is 5.60 Å². The van der Waals surface area contributed by atoms with Gasteiger partial charge in [-0.2, -0.15) is 0 Å². The van der Waals surface area contributed by atoms with Gasteiger partial charge in [0.05, 0.1) is 12.1 Å². The van der Waals surface area contributed by atoms with E-state index in [0.29, 0.717) is 5.75 Å². The molecule has 0 aromatic carbocycles. The van der Waals surface area contributed by atoms with E-state index in [4.69, 9.17) is 0 Å². The first kappa shape index (κ1) is 16.4. The molecule has 1 rings (SSSR count). The lowest BCUT2D eigenvalue weighted by Gasteiger charge is -2.23. The fourth-order valence-corrected chi connectivity index (χ4v) is 2.76. The number of tetrazole rings is 1. The van der Waals surface area contributed by atoms with Crippen LogP contribution in [0.25, 0.3) is 0 Å². The summed E-state index contributed by atoms with van der Waals surface area (Å²) >= 11 is 1.52. The lowest BCUT2D eigenvalue weighted by molar-refractivity contribution is 0.0571. The Morgan fingerprint density at radius 3 is 2.63 bits per heavy atom. The zero-order valence-electron chi connectivity index (χ0n) is 12.1. The number of rotatable bonds is 10. The third-order valence-electron chi connectivity index (χ3n) is 3.21. The molecule has 1 aromatic heterocycles. The summed E-state index contributed by atoms with van der Waals surface area (Å²) in [5.74, 6) is 0.628. The van der Waals surface area contributed by atoms with E-state index >= 15 is 0 Å². The van der Waals surface area contributed by atoms with Gasteiger partial charge in [-0.25, -0.2) is 4.68 Å². The zero-order valence-corrected chi connectivity index (χ0v) is 12.9. The SMILES string of the molecule is CCCNCCn1nnnc1SCC(O)(CC)CC. The van der Waals surface area contributed by atoms with Gasteiger partial charge in [0.25, 0.3) is 0 Å². The van der Waals surface area contributed by atoms with Crippen molar-refractivity contribution in [2.24, 2.45) is 0 Å². The molecule has 0 aliphatic rings. The van der Waals surface area contributed by atoms with Gasteiger partial charge in [-0.1, -0.05) is 32.5 Å². The molecule has 0 spiro atoms. The van der Waals surface area contributed by atoms with Crippen molar-refractivity contribution in [1.82, 2.24) is 25.5 Å². The van der Waals surface area contributed by atoms with Gasteiger partial charge in [0, 0.05) is 12.3 Å². The first-order chi connectivity index (χ1) is 9.15. The van der Waals surface area contributed by atoms with Crippen LogP contribution in [0.1, 0.15) is 40.0 Å². The van der Waals surface area contributed by atoms with E-state index in [9.17, 15) is 5.11 Å². The molecule has 7 heteroatoms. The second-order valence-corrected chi connectivity index (χ2v) is 5.60. The number of aromatic nitrogens is 4. The average molecular weight is 287 g/mol. The molecule has 2 N–H and O–H groups in total. The van der Waals surface area contributed by atoms with Crippen LogP contribution in [-0.2, 0) is 6.54 Å². The van der Waals surface area contributed by atoms with Crippen LogP contribution in [0, 0.1) is 0 Å². The minimum absolute atomic E-state index is 0.623. The van der Waals surface area contributed by atoms with Crippen molar-refractivity contribution in [2.45, 2.75) is 57.3 Å². The molecular formula is C12H25N5OS. The quantitative estimate of drug-likeness (QED) is 0.499. The lowest BCUT2D eigenvalue weighted by Crippen LogP contribution is -2.30. The molecule has 0 aliphatic heterocycles. The van der Waals surface area contributed by atoms with Crippen LogP contribution in [-0.4, -0.2) is 49.8 Å². The molecule has 0 saturated heterocycles. The number of thioether (sulfide) groups is 1. The van der Waals surface area contributed by atoms with Crippen molar-refractivity contribution in [3.05, 3.63) is 0 Å². The summed E-state index contributed by atoms with van der Waals surface area (Å²) in [5.41, 5.74) is -0.623. The van der Waals surface area contributed by atoms with Gasteiger partial charge < -0.3 is 10.4 Å². The molecule has 1 heterocycles. The lowest BCUT2D eigenvalue weighted by atomic mass is 10.0. The Hall–Kier alpha value is -0.660. The van der Waals surface area contributed by atoms with Crippen molar-refractivity contribution < 1.29 is 5.11 Å². The minimum atomic E-state index is -0.623. The Morgan fingerprint density at radius 2 is 2.00 bits per heavy atom. The number of nitrogens with one attached hydrogen (secondary N) is 1. The summed E-state index contributed by atoms with van der Waals surface area (Å²) in [6, 6.07) is 0. The van der Waals surface area contributed by atoms with Crippen LogP contribution in [0.3, 0.4) is 0 Å². The summed E-state index contributed by atoms with van der Waals surface area (Å²) < 4.78 is 1.79. The van der Waals surface area contributed by atoms with Gasteiger partial charge in [-0.3, -0.25) is 0 Å². The maximum atomic E-state index is 10.3. The van der Waals surface area contributed by atoms with Gasteiger partial charge in [-0.05, 0) is 36.2 Å². The van der Waals surface area contributed by atoms with E-state index in [1.165, 1.54) is 11.8 Å². The van der Waals surface area contributed by atoms with Crippen molar-refractivity contribution in [3.63, 3.8) is 0 Å². The van der Waals surface area contributed by atoms with Gasteiger partial charge in [-0.15, -0.1) is 5.10 Å². The molecule has 6 nitrogen and oxygen atoms in total. The molecule has 110 valence electrons. The number of hydrogen-bond acceptors (Lipinski definition) is 6. The highest BCUT2D eigenvalue weighted by Crippen LogP contribution is 2.24. The maximum Gasteiger partial charge on any atom is 0.209 e. The van der Waals surface area contributed by atoms with Crippen LogP contribution in [0.5, 0.6) is 0 Å². The molecule has 19 heavy (non-hydrogen) atoms. The molecule has 1 aromatic rings. The van der Waals surface area contributed by atoms with Crippen molar-refractivity contribution >= 4 is 11.8 Å². The fourth-order valence-electron chi connectivity index (χ4n) is 1.58. The standard InChI is InChI=1S/C12H25N5OS/c1-4-7-13-8-9-17-11(14-15-16-17)19-10-12(18,5-2)6-3/h13,18H,4-10H2,1-3H3. The van der Waals surface area contributed by atoms with E-state index in [1.807, 2.05) is 13.8 Å². The summed E-state index contributed by atoms with van der Waals surface area (Å²) in [5, 5.41) is 26.0. The molecule has 0 atom stereocenters. The molecule has 0 radical (unpaired) electrons. The van der Waals surface area contributed by atoms with Crippen molar-refractivity contribution in [3.8, 4) is 0 Å². The van der Waals surface area contributed by atoms with Gasteiger partial charge in [0.1, 0.15) is 0 Å². The second kappa shape index (κ2) is 8.50. The van der Waals surface area contributed by atoms with Gasteiger partial charge in [0.2, 0.25) is 5.16 Å². The fraction of sp³-hybridized carbons (Fsp3) is 0.917. The summed E-state index contributed by atoms with van der Waals surface area (Å²) in [6.45, 7) is 8.77. The smallest absolute Gasteiger partial charge is 0.209 e. The molecular weight excluding hydrogens is 262 g/mol. The van der Waals surface area contributed by atoms with Gasteiger partial charge in [0.15, 0.2) is 0 Å². The topological polar surface area (TPSA) is 75.9 Å².